The minimum atomic E-state index is -0.599. The summed E-state index contributed by atoms with van der Waals surface area (Å²) in [7, 11) is 1.74. The first kappa shape index (κ1) is 19.0. The second-order valence-corrected chi connectivity index (χ2v) is 7.74. The maximum absolute atomic E-state index is 13.8. The first-order valence-electron chi connectivity index (χ1n) is 9.25. The molecule has 3 heterocycles. The van der Waals surface area contributed by atoms with E-state index in [-0.39, 0.29) is 11.4 Å². The number of carbonyl (C=O) groups is 1. The highest BCUT2D eigenvalue weighted by molar-refractivity contribution is 6.04. The molecular formula is C20H22FN7O. The van der Waals surface area contributed by atoms with Gasteiger partial charge in [-0.3, -0.25) is 9.48 Å². The summed E-state index contributed by atoms with van der Waals surface area (Å²) in [5.74, 6) is -0.947. The highest BCUT2D eigenvalue weighted by Crippen LogP contribution is 2.37. The van der Waals surface area contributed by atoms with Crippen molar-refractivity contribution in [3.63, 3.8) is 0 Å². The monoisotopic (exact) mass is 395 g/mol. The highest BCUT2D eigenvalue weighted by atomic mass is 19.1. The fourth-order valence-corrected chi connectivity index (χ4v) is 3.64. The molecule has 4 aromatic rings. The van der Waals surface area contributed by atoms with Gasteiger partial charge in [-0.2, -0.15) is 5.10 Å². The number of amides is 1. The van der Waals surface area contributed by atoms with Crippen LogP contribution in [0.5, 0.6) is 0 Å². The zero-order valence-corrected chi connectivity index (χ0v) is 16.5. The summed E-state index contributed by atoms with van der Waals surface area (Å²) in [6, 6.07) is 4.48. The molecule has 0 atom stereocenters. The molecule has 0 aliphatic rings. The van der Waals surface area contributed by atoms with Crippen LogP contribution in [0.2, 0.25) is 0 Å². The van der Waals surface area contributed by atoms with Crippen molar-refractivity contribution >= 4 is 28.0 Å². The molecule has 29 heavy (non-hydrogen) atoms. The Hall–Kier alpha value is -3.33. The van der Waals surface area contributed by atoms with E-state index in [0.29, 0.717) is 46.7 Å². The number of primary amides is 1. The quantitative estimate of drug-likeness (QED) is 0.478. The number of aryl methyl sites for hydroxylation is 1. The number of rotatable bonds is 5. The number of H-pyrrole nitrogens is 1. The molecule has 0 aliphatic carbocycles. The third kappa shape index (κ3) is 3.03. The predicted molar refractivity (Wildman–Crippen MR) is 109 cm³/mol. The van der Waals surface area contributed by atoms with Gasteiger partial charge < -0.3 is 16.5 Å². The van der Waals surface area contributed by atoms with Crippen LogP contribution in [0, 0.1) is 5.82 Å². The third-order valence-corrected chi connectivity index (χ3v) is 5.22. The summed E-state index contributed by atoms with van der Waals surface area (Å²) in [6.45, 7) is 4.53. The number of aromatic nitrogens is 5. The van der Waals surface area contributed by atoms with Crippen molar-refractivity contribution in [2.45, 2.75) is 25.7 Å². The summed E-state index contributed by atoms with van der Waals surface area (Å²) >= 11 is 0. The molecule has 0 aliphatic heterocycles. The minimum Gasteiger partial charge on any atom is -0.365 e. The van der Waals surface area contributed by atoms with Gasteiger partial charge in [0, 0.05) is 24.0 Å². The fraction of sp³-hybridized carbons (Fsp3) is 0.300. The van der Waals surface area contributed by atoms with Crippen LogP contribution in [0.1, 0.15) is 36.3 Å². The number of hydrogen-bond acceptors (Lipinski definition) is 5. The number of fused-ring (bicyclic) bond motifs is 2. The van der Waals surface area contributed by atoms with E-state index in [1.807, 2.05) is 13.8 Å². The molecule has 1 amide bonds. The molecular weight excluding hydrogens is 373 g/mol. The lowest BCUT2D eigenvalue weighted by Crippen LogP contribution is -2.25. The molecule has 0 saturated carbocycles. The standard InChI is InChI=1S/C20H22FN7O/c1-20(2,6-7-22)17-16(25-15-12(18(23)29)9-24-19(15)26-17)14-11-5-4-10(21)8-13(11)28(3)27-14/h4-5,8-9H,6-7,22H2,1-3H3,(H2,23,29)(H,24,26). The first-order valence-corrected chi connectivity index (χ1v) is 9.25. The summed E-state index contributed by atoms with van der Waals surface area (Å²) in [6.07, 6.45) is 2.17. The average molecular weight is 395 g/mol. The van der Waals surface area contributed by atoms with Crippen molar-refractivity contribution in [3.8, 4) is 11.4 Å². The lowest BCUT2D eigenvalue weighted by molar-refractivity contribution is 0.100. The van der Waals surface area contributed by atoms with Gasteiger partial charge in [-0.15, -0.1) is 0 Å². The van der Waals surface area contributed by atoms with Gasteiger partial charge in [-0.1, -0.05) is 13.8 Å². The largest absolute Gasteiger partial charge is 0.365 e. The van der Waals surface area contributed by atoms with E-state index >= 15 is 0 Å². The van der Waals surface area contributed by atoms with E-state index in [2.05, 4.69) is 10.1 Å². The molecule has 0 unspecified atom stereocenters. The minimum absolute atomic E-state index is 0.253. The molecule has 1 aromatic carbocycles. The number of nitrogens with one attached hydrogen (secondary N) is 1. The number of aromatic amines is 1. The summed E-state index contributed by atoms with van der Waals surface area (Å²) < 4.78 is 15.4. The Morgan fingerprint density at radius 1 is 1.28 bits per heavy atom. The fourth-order valence-electron chi connectivity index (χ4n) is 3.64. The van der Waals surface area contributed by atoms with E-state index < -0.39 is 11.3 Å². The van der Waals surface area contributed by atoms with Gasteiger partial charge in [0.1, 0.15) is 22.7 Å². The molecule has 0 spiro atoms. The van der Waals surface area contributed by atoms with E-state index in [1.54, 1.807) is 17.8 Å². The Balaban J connectivity index is 2.09. The molecule has 0 saturated heterocycles. The number of nitrogens with two attached hydrogens (primary N) is 2. The Bertz CT molecular complexity index is 1250. The van der Waals surface area contributed by atoms with Crippen molar-refractivity contribution < 1.29 is 9.18 Å². The number of hydrogen-bond donors (Lipinski definition) is 3. The van der Waals surface area contributed by atoms with Crippen LogP contribution in [0.25, 0.3) is 33.5 Å². The van der Waals surface area contributed by atoms with Crippen LogP contribution in [-0.4, -0.2) is 37.2 Å². The molecule has 0 fully saturated rings. The van der Waals surface area contributed by atoms with Crippen molar-refractivity contribution in [1.82, 2.24) is 24.7 Å². The van der Waals surface area contributed by atoms with Crippen molar-refractivity contribution in [1.29, 1.82) is 0 Å². The number of nitrogens with zero attached hydrogens (tertiary/aromatic N) is 4. The summed E-state index contributed by atoms with van der Waals surface area (Å²) in [5, 5.41) is 5.33. The molecule has 4 rings (SSSR count). The Morgan fingerprint density at radius 3 is 2.72 bits per heavy atom. The van der Waals surface area contributed by atoms with Crippen molar-refractivity contribution in [2.75, 3.05) is 6.54 Å². The first-order chi connectivity index (χ1) is 13.7. The zero-order chi connectivity index (χ0) is 20.9. The highest BCUT2D eigenvalue weighted by Gasteiger charge is 2.30. The number of carbonyl (C=O) groups excluding carboxylic acids is 1. The SMILES string of the molecule is Cn1nc(-c2nc3c(C(N)=O)c[nH]c3nc2C(C)(C)CCN)c2ccc(F)cc21. The average Bonchev–Trinajstić information content (AvgIpc) is 3.21. The molecule has 0 bridgehead atoms. The molecule has 8 nitrogen and oxygen atoms in total. The van der Waals surface area contributed by atoms with Gasteiger partial charge in [0.05, 0.1) is 16.8 Å². The Morgan fingerprint density at radius 2 is 2.03 bits per heavy atom. The van der Waals surface area contributed by atoms with Gasteiger partial charge >= 0.3 is 0 Å². The van der Waals surface area contributed by atoms with Gasteiger partial charge in [0.25, 0.3) is 5.91 Å². The summed E-state index contributed by atoms with van der Waals surface area (Å²) in [5.41, 5.74) is 14.4. The summed E-state index contributed by atoms with van der Waals surface area (Å²) in [4.78, 5) is 24.3. The molecule has 0 radical (unpaired) electrons. The van der Waals surface area contributed by atoms with Gasteiger partial charge in [0.2, 0.25) is 0 Å². The second-order valence-electron chi connectivity index (χ2n) is 7.74. The molecule has 150 valence electrons. The normalized spacial score (nSPS) is 12.2. The van der Waals surface area contributed by atoms with E-state index in [1.165, 1.54) is 18.3 Å². The number of halogens is 1. The lowest BCUT2D eigenvalue weighted by Gasteiger charge is -2.25. The smallest absolute Gasteiger partial charge is 0.252 e. The van der Waals surface area contributed by atoms with E-state index in [4.69, 9.17) is 21.4 Å². The predicted octanol–water partition coefficient (Wildman–Crippen LogP) is 2.38. The number of benzene rings is 1. The van der Waals surface area contributed by atoms with Gasteiger partial charge in [-0.05, 0) is 31.2 Å². The van der Waals surface area contributed by atoms with Crippen molar-refractivity contribution in [2.24, 2.45) is 18.5 Å². The van der Waals surface area contributed by atoms with Crippen LogP contribution in [-0.2, 0) is 12.5 Å². The third-order valence-electron chi connectivity index (χ3n) is 5.22. The second kappa shape index (κ2) is 6.63. The van der Waals surface area contributed by atoms with Crippen LogP contribution in [0.3, 0.4) is 0 Å². The Labute approximate surface area is 166 Å². The van der Waals surface area contributed by atoms with Crippen molar-refractivity contribution in [3.05, 3.63) is 41.5 Å². The molecule has 9 heteroatoms. The molecule has 5 N–H and O–H groups in total. The van der Waals surface area contributed by atoms with Crippen LogP contribution < -0.4 is 11.5 Å². The van der Waals surface area contributed by atoms with Gasteiger partial charge in [0.15, 0.2) is 5.65 Å². The van der Waals surface area contributed by atoms with Gasteiger partial charge in [-0.25, -0.2) is 14.4 Å². The lowest BCUT2D eigenvalue weighted by atomic mass is 9.83. The maximum Gasteiger partial charge on any atom is 0.252 e. The Kier molecular flexibility index (Phi) is 4.34. The molecule has 3 aromatic heterocycles. The van der Waals surface area contributed by atoms with Crippen LogP contribution >= 0.6 is 0 Å². The van der Waals surface area contributed by atoms with E-state index in [0.717, 1.165) is 5.39 Å². The maximum atomic E-state index is 13.8. The zero-order valence-electron chi connectivity index (χ0n) is 16.5. The van der Waals surface area contributed by atoms with E-state index in [9.17, 15) is 9.18 Å². The topological polar surface area (TPSA) is 128 Å². The van der Waals surface area contributed by atoms with Crippen LogP contribution in [0.4, 0.5) is 4.39 Å². The van der Waals surface area contributed by atoms with Crippen LogP contribution in [0.15, 0.2) is 24.4 Å².